The third-order valence-corrected chi connectivity index (χ3v) is 3.92. The zero-order valence-corrected chi connectivity index (χ0v) is 10.8. The van der Waals surface area contributed by atoms with E-state index in [0.29, 0.717) is 5.92 Å². The van der Waals surface area contributed by atoms with Crippen LogP contribution in [0.5, 0.6) is 0 Å². The molecule has 0 spiro atoms. The van der Waals surface area contributed by atoms with E-state index in [1.165, 1.54) is 23.5 Å². The van der Waals surface area contributed by atoms with Crippen molar-refractivity contribution in [1.82, 2.24) is 0 Å². The number of nitrogen functional groups attached to an aromatic ring is 1. The maximum Gasteiger partial charge on any atom is 0.0314 e. The highest BCUT2D eigenvalue weighted by Gasteiger charge is 1.99. The quantitative estimate of drug-likeness (QED) is 0.567. The summed E-state index contributed by atoms with van der Waals surface area (Å²) in [6.45, 7) is 3.00. The predicted molar refractivity (Wildman–Crippen MR) is 74.7 cm³/mol. The van der Waals surface area contributed by atoms with Gasteiger partial charge in [-0.05, 0) is 54.5 Å². The molecule has 0 aliphatic heterocycles. The van der Waals surface area contributed by atoms with Gasteiger partial charge in [0.15, 0.2) is 0 Å². The van der Waals surface area contributed by atoms with Gasteiger partial charge in [-0.2, -0.15) is 11.8 Å². The van der Waals surface area contributed by atoms with Crippen LogP contribution in [0.25, 0.3) is 0 Å². The predicted octanol–water partition coefficient (Wildman–Crippen LogP) is 2.53. The molecular formula is C13H22N2S. The fourth-order valence-electron chi connectivity index (χ4n) is 1.42. The van der Waals surface area contributed by atoms with E-state index in [-0.39, 0.29) is 0 Å². The summed E-state index contributed by atoms with van der Waals surface area (Å²) in [5.41, 5.74) is 13.4. The second kappa shape index (κ2) is 7.58. The summed E-state index contributed by atoms with van der Waals surface area (Å²) in [4.78, 5) is 0. The summed E-state index contributed by atoms with van der Waals surface area (Å²) < 4.78 is 0. The molecule has 0 heterocycles. The molecule has 1 unspecified atom stereocenters. The van der Waals surface area contributed by atoms with Gasteiger partial charge in [-0.15, -0.1) is 0 Å². The first kappa shape index (κ1) is 13.4. The molecule has 0 fully saturated rings. The summed E-state index contributed by atoms with van der Waals surface area (Å²) in [6, 6.07) is 8.17. The Hall–Kier alpha value is -0.670. The SMILES string of the molecule is CC(CN)CSCCCc1ccc(N)cc1. The molecule has 1 atom stereocenters. The molecule has 0 aliphatic carbocycles. The van der Waals surface area contributed by atoms with Gasteiger partial charge in [0, 0.05) is 5.69 Å². The minimum atomic E-state index is 0.640. The molecular weight excluding hydrogens is 216 g/mol. The van der Waals surface area contributed by atoms with Crippen molar-refractivity contribution >= 4 is 17.4 Å². The fraction of sp³-hybridized carbons (Fsp3) is 0.538. The van der Waals surface area contributed by atoms with Gasteiger partial charge in [-0.3, -0.25) is 0 Å². The van der Waals surface area contributed by atoms with Gasteiger partial charge in [0.1, 0.15) is 0 Å². The Morgan fingerprint density at radius 1 is 1.25 bits per heavy atom. The van der Waals surface area contributed by atoms with Crippen LogP contribution in [0.4, 0.5) is 5.69 Å². The Morgan fingerprint density at radius 3 is 2.56 bits per heavy atom. The van der Waals surface area contributed by atoms with Crippen molar-refractivity contribution in [3.8, 4) is 0 Å². The van der Waals surface area contributed by atoms with Crippen molar-refractivity contribution in [2.45, 2.75) is 19.8 Å². The summed E-state index contributed by atoms with van der Waals surface area (Å²) >= 11 is 2.00. The molecule has 2 nitrogen and oxygen atoms in total. The minimum Gasteiger partial charge on any atom is -0.399 e. The first-order valence-corrected chi connectivity index (χ1v) is 7.00. The monoisotopic (exact) mass is 238 g/mol. The maximum absolute atomic E-state index is 5.64. The summed E-state index contributed by atoms with van der Waals surface area (Å²) in [6.07, 6.45) is 2.37. The van der Waals surface area contributed by atoms with Crippen molar-refractivity contribution in [2.75, 3.05) is 23.8 Å². The van der Waals surface area contributed by atoms with E-state index in [4.69, 9.17) is 11.5 Å². The lowest BCUT2D eigenvalue weighted by Gasteiger charge is -2.07. The van der Waals surface area contributed by atoms with Crippen molar-refractivity contribution in [2.24, 2.45) is 11.7 Å². The van der Waals surface area contributed by atoms with Gasteiger partial charge < -0.3 is 11.5 Å². The van der Waals surface area contributed by atoms with Crippen LogP contribution in [0, 0.1) is 5.92 Å². The fourth-order valence-corrected chi connectivity index (χ4v) is 2.47. The van der Waals surface area contributed by atoms with Crippen LogP contribution < -0.4 is 11.5 Å². The van der Waals surface area contributed by atoms with E-state index in [9.17, 15) is 0 Å². The van der Waals surface area contributed by atoms with E-state index in [2.05, 4.69) is 19.1 Å². The normalized spacial score (nSPS) is 12.6. The van der Waals surface area contributed by atoms with Gasteiger partial charge in [0.2, 0.25) is 0 Å². The first-order valence-electron chi connectivity index (χ1n) is 5.84. The zero-order chi connectivity index (χ0) is 11.8. The second-order valence-electron chi connectivity index (χ2n) is 4.26. The van der Waals surface area contributed by atoms with E-state index in [1.807, 2.05) is 23.9 Å². The lowest BCUT2D eigenvalue weighted by molar-refractivity contribution is 0.675. The molecule has 0 saturated heterocycles. The highest BCUT2D eigenvalue weighted by Crippen LogP contribution is 2.12. The largest absolute Gasteiger partial charge is 0.399 e. The molecule has 0 aliphatic rings. The van der Waals surface area contributed by atoms with Crippen LogP contribution in [0.3, 0.4) is 0 Å². The molecule has 0 saturated carbocycles. The van der Waals surface area contributed by atoms with E-state index < -0.39 is 0 Å². The standard InChI is InChI=1S/C13H22N2S/c1-11(9-14)10-16-8-2-3-12-4-6-13(15)7-5-12/h4-7,11H,2-3,8-10,14-15H2,1H3. The molecule has 3 heteroatoms. The lowest BCUT2D eigenvalue weighted by Crippen LogP contribution is -2.12. The zero-order valence-electron chi connectivity index (χ0n) is 9.99. The number of rotatable bonds is 7. The molecule has 0 bridgehead atoms. The summed E-state index contributed by atoms with van der Waals surface area (Å²) in [7, 11) is 0. The lowest BCUT2D eigenvalue weighted by atomic mass is 10.1. The number of nitrogens with two attached hydrogens (primary N) is 2. The third kappa shape index (κ3) is 5.42. The summed E-state index contributed by atoms with van der Waals surface area (Å²) in [5.74, 6) is 3.04. The van der Waals surface area contributed by atoms with Crippen molar-refractivity contribution < 1.29 is 0 Å². The first-order chi connectivity index (χ1) is 7.72. The average molecular weight is 238 g/mol. The van der Waals surface area contributed by atoms with E-state index in [0.717, 1.165) is 18.7 Å². The summed E-state index contributed by atoms with van der Waals surface area (Å²) in [5, 5.41) is 0. The van der Waals surface area contributed by atoms with Crippen molar-refractivity contribution in [1.29, 1.82) is 0 Å². The van der Waals surface area contributed by atoms with Crippen LogP contribution in [0.1, 0.15) is 18.9 Å². The molecule has 0 radical (unpaired) electrons. The molecule has 16 heavy (non-hydrogen) atoms. The number of aryl methyl sites for hydroxylation is 1. The highest BCUT2D eigenvalue weighted by atomic mass is 32.2. The highest BCUT2D eigenvalue weighted by molar-refractivity contribution is 7.99. The van der Waals surface area contributed by atoms with E-state index in [1.54, 1.807) is 0 Å². The maximum atomic E-state index is 5.64. The topological polar surface area (TPSA) is 52.0 Å². The average Bonchev–Trinajstić information content (AvgIpc) is 2.31. The number of benzene rings is 1. The van der Waals surface area contributed by atoms with Crippen LogP contribution in [-0.2, 0) is 6.42 Å². The molecule has 4 N–H and O–H groups in total. The molecule has 1 aromatic carbocycles. The Morgan fingerprint density at radius 2 is 1.94 bits per heavy atom. The van der Waals surface area contributed by atoms with Crippen LogP contribution in [-0.4, -0.2) is 18.1 Å². The number of anilines is 1. The Labute approximate surface area is 103 Å². The Bertz CT molecular complexity index is 284. The Kier molecular flexibility index (Phi) is 6.34. The molecule has 0 aromatic heterocycles. The van der Waals surface area contributed by atoms with Gasteiger partial charge in [0.05, 0.1) is 0 Å². The van der Waals surface area contributed by atoms with E-state index >= 15 is 0 Å². The van der Waals surface area contributed by atoms with Crippen LogP contribution in [0.2, 0.25) is 0 Å². The second-order valence-corrected chi connectivity index (χ2v) is 5.41. The Balaban J connectivity index is 2.09. The number of hydrogen-bond donors (Lipinski definition) is 2. The van der Waals surface area contributed by atoms with Crippen LogP contribution >= 0.6 is 11.8 Å². The van der Waals surface area contributed by atoms with Gasteiger partial charge in [-0.1, -0.05) is 19.1 Å². The third-order valence-electron chi connectivity index (χ3n) is 2.54. The molecule has 0 amide bonds. The van der Waals surface area contributed by atoms with Gasteiger partial charge in [0.25, 0.3) is 0 Å². The minimum absolute atomic E-state index is 0.640. The smallest absolute Gasteiger partial charge is 0.0314 e. The number of hydrogen-bond acceptors (Lipinski definition) is 3. The van der Waals surface area contributed by atoms with Gasteiger partial charge in [-0.25, -0.2) is 0 Å². The molecule has 90 valence electrons. The van der Waals surface area contributed by atoms with Crippen molar-refractivity contribution in [3.63, 3.8) is 0 Å². The van der Waals surface area contributed by atoms with Crippen LogP contribution in [0.15, 0.2) is 24.3 Å². The number of thioether (sulfide) groups is 1. The van der Waals surface area contributed by atoms with Gasteiger partial charge >= 0.3 is 0 Å². The molecule has 1 rings (SSSR count). The molecule has 1 aromatic rings. The van der Waals surface area contributed by atoms with Crippen molar-refractivity contribution in [3.05, 3.63) is 29.8 Å².